The molecule has 6 bridgehead atoms. The summed E-state index contributed by atoms with van der Waals surface area (Å²) in [6.45, 7) is 2.14. The van der Waals surface area contributed by atoms with Crippen LogP contribution < -0.4 is 0 Å². The van der Waals surface area contributed by atoms with Gasteiger partial charge < -0.3 is 0 Å². The van der Waals surface area contributed by atoms with E-state index in [-0.39, 0.29) is 17.3 Å². The summed E-state index contributed by atoms with van der Waals surface area (Å²) in [4.78, 5) is 0.387. The molecule has 0 saturated heterocycles. The van der Waals surface area contributed by atoms with Crippen molar-refractivity contribution >= 4 is 15.9 Å². The van der Waals surface area contributed by atoms with Gasteiger partial charge in [-0.15, -0.1) is 0 Å². The third-order valence-electron chi connectivity index (χ3n) is 6.85. The quantitative estimate of drug-likeness (QED) is 0.596. The van der Waals surface area contributed by atoms with E-state index in [0.29, 0.717) is 34.4 Å². The number of alkyl halides is 3. The number of rotatable bonds is 0. The lowest BCUT2D eigenvalue weighted by atomic mass is 9.64. The molecular weight excluding hydrogens is 262 g/mol. The van der Waals surface area contributed by atoms with Gasteiger partial charge in [-0.3, -0.25) is 0 Å². The van der Waals surface area contributed by atoms with Gasteiger partial charge in [-0.05, 0) is 41.4 Å². The van der Waals surface area contributed by atoms with Gasteiger partial charge in [0.25, 0.3) is 5.92 Å². The molecule has 6 aliphatic carbocycles. The Balaban J connectivity index is 1.88. The zero-order chi connectivity index (χ0) is 10.3. The molecule has 6 aliphatic rings. The van der Waals surface area contributed by atoms with Gasteiger partial charge in [0.15, 0.2) is 0 Å². The zero-order valence-corrected chi connectivity index (χ0v) is 10.0. The summed E-state index contributed by atoms with van der Waals surface area (Å²) < 4.78 is 28.6. The van der Waals surface area contributed by atoms with Crippen LogP contribution in [0.25, 0.3) is 0 Å². The predicted octanol–water partition coefficient (Wildman–Crippen LogP) is 3.16. The second kappa shape index (κ2) is 1.83. The molecular formula is C12H13BrF2. The molecule has 0 aliphatic heterocycles. The normalized spacial score (nSPS) is 79.2. The van der Waals surface area contributed by atoms with Crippen molar-refractivity contribution in [1.82, 2.24) is 0 Å². The van der Waals surface area contributed by atoms with Crippen molar-refractivity contribution in [3.63, 3.8) is 0 Å². The number of halogens is 3. The van der Waals surface area contributed by atoms with Crippen molar-refractivity contribution in [1.29, 1.82) is 0 Å². The fraction of sp³-hybridized carbons (Fsp3) is 1.00. The maximum atomic E-state index is 14.3. The Kier molecular flexibility index (Phi) is 1.03. The smallest absolute Gasteiger partial charge is 0.206 e. The van der Waals surface area contributed by atoms with E-state index in [1.807, 2.05) is 0 Å². The third-order valence-corrected chi connectivity index (χ3v) is 8.45. The van der Waals surface area contributed by atoms with E-state index in [9.17, 15) is 8.78 Å². The third kappa shape index (κ3) is 0.496. The summed E-state index contributed by atoms with van der Waals surface area (Å²) in [5, 5.41) is 0. The summed E-state index contributed by atoms with van der Waals surface area (Å²) in [6, 6.07) is 0. The molecule has 6 saturated carbocycles. The molecule has 0 aromatic carbocycles. The first-order valence-electron chi connectivity index (χ1n) is 6.02. The van der Waals surface area contributed by atoms with Crippen LogP contribution in [0, 0.1) is 46.8 Å². The monoisotopic (exact) mass is 274 g/mol. The van der Waals surface area contributed by atoms with Crippen molar-refractivity contribution in [2.24, 2.45) is 46.8 Å². The summed E-state index contributed by atoms with van der Waals surface area (Å²) in [7, 11) is 0. The lowest BCUT2D eigenvalue weighted by molar-refractivity contribution is -0.0611. The Bertz CT molecular complexity index is 393. The highest BCUT2D eigenvalue weighted by atomic mass is 79.9. The topological polar surface area (TPSA) is 0 Å². The fourth-order valence-electron chi connectivity index (χ4n) is 7.03. The first-order chi connectivity index (χ1) is 7.00. The summed E-state index contributed by atoms with van der Waals surface area (Å²) >= 11 is 3.76. The molecule has 0 radical (unpaired) electrons. The lowest BCUT2D eigenvalue weighted by Crippen LogP contribution is -2.37. The largest absolute Gasteiger partial charge is 0.255 e. The average Bonchev–Trinajstić information content (AvgIpc) is 2.81. The Morgan fingerprint density at radius 3 is 2.47 bits per heavy atom. The maximum Gasteiger partial charge on any atom is 0.255 e. The molecule has 6 fully saturated rings. The van der Waals surface area contributed by atoms with Crippen molar-refractivity contribution < 1.29 is 8.78 Å². The molecule has 0 heterocycles. The highest BCUT2D eigenvalue weighted by Gasteiger charge is 2.92. The molecule has 0 aromatic heterocycles. The van der Waals surface area contributed by atoms with Crippen molar-refractivity contribution in [3.05, 3.63) is 0 Å². The van der Waals surface area contributed by atoms with Gasteiger partial charge in [0.05, 0.1) is 0 Å². The number of hydrogen-bond donors (Lipinski definition) is 0. The van der Waals surface area contributed by atoms with Gasteiger partial charge in [0, 0.05) is 16.7 Å². The zero-order valence-electron chi connectivity index (χ0n) is 8.46. The molecule has 9 atom stereocenters. The Morgan fingerprint density at radius 1 is 1.13 bits per heavy atom. The van der Waals surface area contributed by atoms with Crippen LogP contribution in [0.3, 0.4) is 0 Å². The van der Waals surface area contributed by atoms with Crippen LogP contribution in [0.1, 0.15) is 13.3 Å². The minimum Gasteiger partial charge on any atom is -0.206 e. The van der Waals surface area contributed by atoms with Crippen LogP contribution in [0.15, 0.2) is 0 Å². The predicted molar refractivity (Wildman–Crippen MR) is 54.8 cm³/mol. The van der Waals surface area contributed by atoms with Crippen LogP contribution in [0.4, 0.5) is 8.78 Å². The molecule has 0 amide bonds. The van der Waals surface area contributed by atoms with Gasteiger partial charge in [-0.25, -0.2) is 8.78 Å². The van der Waals surface area contributed by atoms with Gasteiger partial charge >= 0.3 is 0 Å². The minimum absolute atomic E-state index is 0.0683. The van der Waals surface area contributed by atoms with E-state index in [4.69, 9.17) is 0 Å². The fourth-order valence-corrected chi connectivity index (χ4v) is 8.36. The van der Waals surface area contributed by atoms with Crippen LogP contribution in [0.2, 0.25) is 0 Å². The van der Waals surface area contributed by atoms with Gasteiger partial charge in [-0.1, -0.05) is 22.9 Å². The average molecular weight is 275 g/mol. The Hall–Kier alpha value is 0.340. The van der Waals surface area contributed by atoms with Crippen molar-refractivity contribution in [3.8, 4) is 0 Å². The standard InChI is InChI=1S/C12H13BrF2/c1-11-7-4-2-3-5(6(4)10(11)13)9(11)12(14,15)8(3)7/h3-10H,2H2,1H3. The van der Waals surface area contributed by atoms with E-state index < -0.39 is 5.92 Å². The van der Waals surface area contributed by atoms with Crippen molar-refractivity contribution in [2.45, 2.75) is 24.1 Å². The summed E-state index contributed by atoms with van der Waals surface area (Å²) in [6.07, 6.45) is 1.12. The lowest BCUT2D eigenvalue weighted by Gasteiger charge is -2.38. The SMILES string of the molecule is CC12C(Br)C3C4CC5C3C1C(F)(F)C5C42. The molecule has 15 heavy (non-hydrogen) atoms. The Labute approximate surface area is 95.9 Å². The highest BCUT2D eigenvalue weighted by Crippen LogP contribution is 2.91. The highest BCUT2D eigenvalue weighted by molar-refractivity contribution is 9.09. The molecule has 6 rings (SSSR count). The van der Waals surface area contributed by atoms with E-state index in [1.165, 1.54) is 0 Å². The Morgan fingerprint density at radius 2 is 1.80 bits per heavy atom. The van der Waals surface area contributed by atoms with Crippen LogP contribution in [-0.2, 0) is 0 Å². The molecule has 0 nitrogen and oxygen atoms in total. The summed E-state index contributed by atoms with van der Waals surface area (Å²) in [5.74, 6) is -0.499. The van der Waals surface area contributed by atoms with E-state index >= 15 is 0 Å². The maximum absolute atomic E-state index is 14.3. The molecule has 3 heteroatoms. The minimum atomic E-state index is -2.33. The van der Waals surface area contributed by atoms with Gasteiger partial charge in [0.1, 0.15) is 0 Å². The van der Waals surface area contributed by atoms with E-state index in [2.05, 4.69) is 22.9 Å². The van der Waals surface area contributed by atoms with Crippen LogP contribution in [0.5, 0.6) is 0 Å². The molecule has 0 spiro atoms. The first kappa shape index (κ1) is 8.43. The second-order valence-corrected chi connectivity index (χ2v) is 7.68. The van der Waals surface area contributed by atoms with Gasteiger partial charge in [0.2, 0.25) is 0 Å². The van der Waals surface area contributed by atoms with E-state index in [0.717, 1.165) is 6.42 Å². The molecule has 9 unspecified atom stereocenters. The molecule has 82 valence electrons. The second-order valence-electron chi connectivity index (χ2n) is 6.69. The summed E-state index contributed by atoms with van der Waals surface area (Å²) in [5.41, 5.74) is -0.0683. The molecule has 0 N–H and O–H groups in total. The first-order valence-corrected chi connectivity index (χ1v) is 6.94. The van der Waals surface area contributed by atoms with Gasteiger partial charge in [-0.2, -0.15) is 0 Å². The molecule has 0 aromatic rings. The van der Waals surface area contributed by atoms with Crippen LogP contribution in [-0.4, -0.2) is 10.7 Å². The van der Waals surface area contributed by atoms with Crippen molar-refractivity contribution in [2.75, 3.05) is 0 Å². The number of hydrogen-bond acceptors (Lipinski definition) is 0. The van der Waals surface area contributed by atoms with Crippen LogP contribution >= 0.6 is 15.9 Å². The van der Waals surface area contributed by atoms with E-state index in [1.54, 1.807) is 0 Å².